The van der Waals surface area contributed by atoms with Gasteiger partial charge in [-0.2, -0.15) is 0 Å². The van der Waals surface area contributed by atoms with Gasteiger partial charge in [-0.3, -0.25) is 4.79 Å². The Morgan fingerprint density at radius 3 is 1.88 bits per heavy atom. The van der Waals surface area contributed by atoms with E-state index >= 15 is 0 Å². The SMILES string of the molecule is CCCCCCCCCCCC(=O)C(O)CO. The van der Waals surface area contributed by atoms with Crippen LogP contribution in [0.25, 0.3) is 0 Å². The zero-order valence-electron chi connectivity index (χ0n) is 11.2. The maximum absolute atomic E-state index is 11.2. The molecule has 102 valence electrons. The molecule has 2 N–H and O–H groups in total. The predicted molar refractivity (Wildman–Crippen MR) is 69.9 cm³/mol. The molecule has 1 unspecified atom stereocenters. The highest BCUT2D eigenvalue weighted by atomic mass is 16.3. The molecule has 0 radical (unpaired) electrons. The molecule has 0 spiro atoms. The molecule has 0 aliphatic heterocycles. The van der Waals surface area contributed by atoms with Crippen molar-refractivity contribution in [1.29, 1.82) is 0 Å². The topological polar surface area (TPSA) is 57.5 Å². The minimum atomic E-state index is -1.16. The molecule has 17 heavy (non-hydrogen) atoms. The van der Waals surface area contributed by atoms with Crippen LogP contribution in [0.5, 0.6) is 0 Å². The molecule has 0 aromatic rings. The highest BCUT2D eigenvalue weighted by molar-refractivity contribution is 5.82. The number of hydrogen-bond acceptors (Lipinski definition) is 3. The van der Waals surface area contributed by atoms with E-state index in [1.807, 2.05) is 0 Å². The van der Waals surface area contributed by atoms with Crippen LogP contribution in [-0.4, -0.2) is 28.7 Å². The molecular formula is C14H28O3. The van der Waals surface area contributed by atoms with Crippen molar-refractivity contribution >= 4 is 5.78 Å². The molecule has 3 heteroatoms. The Hall–Kier alpha value is -0.410. The van der Waals surface area contributed by atoms with E-state index in [1.54, 1.807) is 0 Å². The van der Waals surface area contributed by atoms with Crippen molar-refractivity contribution in [3.63, 3.8) is 0 Å². The second-order valence-electron chi connectivity index (χ2n) is 4.74. The van der Waals surface area contributed by atoms with Crippen molar-refractivity contribution in [3.8, 4) is 0 Å². The third kappa shape index (κ3) is 10.5. The van der Waals surface area contributed by atoms with Crippen LogP contribution in [0.2, 0.25) is 0 Å². The van der Waals surface area contributed by atoms with Gasteiger partial charge in [-0.25, -0.2) is 0 Å². The fraction of sp³-hybridized carbons (Fsp3) is 0.929. The van der Waals surface area contributed by atoms with E-state index in [2.05, 4.69) is 6.92 Å². The number of carbonyl (C=O) groups is 1. The van der Waals surface area contributed by atoms with Gasteiger partial charge in [0.1, 0.15) is 6.10 Å². The van der Waals surface area contributed by atoms with E-state index in [1.165, 1.54) is 44.9 Å². The van der Waals surface area contributed by atoms with Crippen LogP contribution in [0.15, 0.2) is 0 Å². The van der Waals surface area contributed by atoms with Gasteiger partial charge < -0.3 is 10.2 Å². The summed E-state index contributed by atoms with van der Waals surface area (Å²) in [6.45, 7) is 1.77. The molecule has 0 fully saturated rings. The van der Waals surface area contributed by atoms with E-state index < -0.39 is 12.7 Å². The smallest absolute Gasteiger partial charge is 0.163 e. The predicted octanol–water partition coefficient (Wildman–Crippen LogP) is 2.83. The number of aliphatic hydroxyl groups excluding tert-OH is 2. The van der Waals surface area contributed by atoms with Gasteiger partial charge in [-0.15, -0.1) is 0 Å². The van der Waals surface area contributed by atoms with Crippen molar-refractivity contribution in [1.82, 2.24) is 0 Å². The number of unbranched alkanes of at least 4 members (excludes halogenated alkanes) is 8. The molecule has 0 aromatic carbocycles. The Balaban J connectivity index is 3.16. The second-order valence-corrected chi connectivity index (χ2v) is 4.74. The van der Waals surface area contributed by atoms with Gasteiger partial charge in [0.05, 0.1) is 6.61 Å². The Bertz CT molecular complexity index is 180. The van der Waals surface area contributed by atoms with Crippen LogP contribution in [0, 0.1) is 0 Å². The molecule has 0 saturated carbocycles. The van der Waals surface area contributed by atoms with E-state index in [4.69, 9.17) is 10.2 Å². The van der Waals surface area contributed by atoms with Crippen LogP contribution in [0.1, 0.15) is 71.1 Å². The Morgan fingerprint density at radius 2 is 1.41 bits per heavy atom. The second kappa shape index (κ2) is 12.1. The third-order valence-electron chi connectivity index (χ3n) is 3.07. The molecule has 0 rings (SSSR count). The van der Waals surface area contributed by atoms with Crippen molar-refractivity contribution in [2.75, 3.05) is 6.61 Å². The molecule has 0 bridgehead atoms. The average molecular weight is 244 g/mol. The summed E-state index contributed by atoms with van der Waals surface area (Å²) in [6, 6.07) is 0. The number of carbonyl (C=O) groups excluding carboxylic acids is 1. The quantitative estimate of drug-likeness (QED) is 0.519. The average Bonchev–Trinajstić information content (AvgIpc) is 2.35. The summed E-state index contributed by atoms with van der Waals surface area (Å²) in [4.78, 5) is 11.2. The number of aliphatic hydroxyl groups is 2. The lowest BCUT2D eigenvalue weighted by molar-refractivity contribution is -0.129. The largest absolute Gasteiger partial charge is 0.393 e. The normalized spacial score (nSPS) is 12.6. The van der Waals surface area contributed by atoms with Gasteiger partial charge in [0.25, 0.3) is 0 Å². The van der Waals surface area contributed by atoms with Gasteiger partial charge in [0.2, 0.25) is 0 Å². The first kappa shape index (κ1) is 16.6. The number of ketones is 1. The summed E-state index contributed by atoms with van der Waals surface area (Å²) in [5.74, 6) is -0.226. The van der Waals surface area contributed by atoms with Crippen LogP contribution in [0.4, 0.5) is 0 Å². The first-order chi connectivity index (χ1) is 8.22. The fourth-order valence-corrected chi connectivity index (χ4v) is 1.88. The van der Waals surface area contributed by atoms with Crippen LogP contribution >= 0.6 is 0 Å². The lowest BCUT2D eigenvalue weighted by atomic mass is 10.0. The lowest BCUT2D eigenvalue weighted by Crippen LogP contribution is -2.23. The Kier molecular flexibility index (Phi) is 11.8. The molecule has 0 heterocycles. The molecule has 0 saturated heterocycles. The first-order valence-electron chi connectivity index (χ1n) is 7.04. The minimum absolute atomic E-state index is 0.226. The number of Topliss-reactive ketones (excluding diaryl/α,β-unsaturated/α-hetero) is 1. The van der Waals surface area contributed by atoms with E-state index in [9.17, 15) is 4.79 Å². The van der Waals surface area contributed by atoms with Crippen molar-refractivity contribution in [2.45, 2.75) is 77.2 Å². The van der Waals surface area contributed by atoms with E-state index in [0.29, 0.717) is 6.42 Å². The highest BCUT2D eigenvalue weighted by Crippen LogP contribution is 2.10. The Morgan fingerprint density at radius 1 is 0.941 bits per heavy atom. The van der Waals surface area contributed by atoms with Gasteiger partial charge in [-0.05, 0) is 6.42 Å². The van der Waals surface area contributed by atoms with Crippen LogP contribution < -0.4 is 0 Å². The zero-order valence-corrected chi connectivity index (χ0v) is 11.2. The molecule has 1 atom stereocenters. The van der Waals surface area contributed by atoms with Gasteiger partial charge in [0.15, 0.2) is 5.78 Å². The number of rotatable bonds is 12. The monoisotopic (exact) mass is 244 g/mol. The maximum Gasteiger partial charge on any atom is 0.163 e. The van der Waals surface area contributed by atoms with Crippen LogP contribution in [-0.2, 0) is 4.79 Å². The van der Waals surface area contributed by atoms with Gasteiger partial charge in [0, 0.05) is 6.42 Å². The fourth-order valence-electron chi connectivity index (χ4n) is 1.88. The van der Waals surface area contributed by atoms with Crippen molar-refractivity contribution in [3.05, 3.63) is 0 Å². The van der Waals surface area contributed by atoms with E-state index in [-0.39, 0.29) is 5.78 Å². The third-order valence-corrected chi connectivity index (χ3v) is 3.07. The highest BCUT2D eigenvalue weighted by Gasteiger charge is 2.12. The van der Waals surface area contributed by atoms with Gasteiger partial charge >= 0.3 is 0 Å². The first-order valence-corrected chi connectivity index (χ1v) is 7.04. The number of hydrogen-bond donors (Lipinski definition) is 2. The summed E-state index contributed by atoms with van der Waals surface area (Å²) in [6.07, 6.45) is 10.2. The molecule has 0 amide bonds. The Labute approximate surface area is 105 Å². The van der Waals surface area contributed by atoms with Crippen molar-refractivity contribution in [2.24, 2.45) is 0 Å². The summed E-state index contributed by atoms with van der Waals surface area (Å²) in [5, 5.41) is 17.6. The van der Waals surface area contributed by atoms with E-state index in [0.717, 1.165) is 12.8 Å². The summed E-state index contributed by atoms with van der Waals surface area (Å²) in [7, 11) is 0. The molecule has 0 aliphatic carbocycles. The van der Waals surface area contributed by atoms with Gasteiger partial charge in [-0.1, -0.05) is 58.3 Å². The molecule has 0 aliphatic rings. The zero-order chi connectivity index (χ0) is 12.9. The van der Waals surface area contributed by atoms with Crippen LogP contribution in [0.3, 0.4) is 0 Å². The summed E-state index contributed by atoms with van der Waals surface area (Å²) >= 11 is 0. The molecular weight excluding hydrogens is 216 g/mol. The lowest BCUT2D eigenvalue weighted by Gasteiger charge is -2.05. The minimum Gasteiger partial charge on any atom is -0.393 e. The molecule has 3 nitrogen and oxygen atoms in total. The maximum atomic E-state index is 11.2. The van der Waals surface area contributed by atoms with Crippen molar-refractivity contribution < 1.29 is 15.0 Å². The molecule has 0 aromatic heterocycles. The summed E-state index contributed by atoms with van der Waals surface area (Å²) < 4.78 is 0. The standard InChI is InChI=1S/C14H28O3/c1-2-3-4-5-6-7-8-9-10-11-13(16)14(17)12-15/h14-15,17H,2-12H2,1H3. The summed E-state index contributed by atoms with van der Waals surface area (Å²) in [5.41, 5.74) is 0.